The topological polar surface area (TPSA) is 51.8 Å². The van der Waals surface area contributed by atoms with Crippen molar-refractivity contribution in [2.24, 2.45) is 5.92 Å². The Morgan fingerprint density at radius 3 is 2.11 bits per heavy atom. The molecule has 0 amide bonds. The second-order valence-corrected chi connectivity index (χ2v) is 7.03. The van der Waals surface area contributed by atoms with Crippen molar-refractivity contribution in [3.63, 3.8) is 0 Å². The van der Waals surface area contributed by atoms with E-state index in [-0.39, 0.29) is 6.04 Å². The van der Waals surface area contributed by atoms with Crippen LogP contribution in [0.15, 0.2) is 42.5 Å². The monoisotopic (exact) mass is 388 g/mol. The molecule has 146 valence electrons. The molecule has 2 rings (SSSR count). The molecule has 0 spiro atoms. The van der Waals surface area contributed by atoms with Gasteiger partial charge in [-0.3, -0.25) is 0 Å². The van der Waals surface area contributed by atoms with Crippen LogP contribution in [0, 0.1) is 5.92 Å². The first-order chi connectivity index (χ1) is 13.0. The number of thiocarbonyl (C=S) groups is 1. The van der Waals surface area contributed by atoms with Gasteiger partial charge in [0, 0.05) is 6.07 Å². The molecule has 0 aromatic heterocycles. The highest BCUT2D eigenvalue weighted by atomic mass is 32.1. The second-order valence-electron chi connectivity index (χ2n) is 6.62. The minimum Gasteiger partial charge on any atom is -0.497 e. The molecule has 0 bridgehead atoms. The maximum absolute atomic E-state index is 5.55. The van der Waals surface area contributed by atoms with Crippen LogP contribution in [0.2, 0.25) is 0 Å². The van der Waals surface area contributed by atoms with Gasteiger partial charge in [0.15, 0.2) is 5.11 Å². The fraction of sp³-hybridized carbons (Fsp3) is 0.381. The maximum atomic E-state index is 5.55. The fourth-order valence-electron chi connectivity index (χ4n) is 2.80. The number of methoxy groups -OCH3 is 3. The van der Waals surface area contributed by atoms with E-state index in [2.05, 4.69) is 36.6 Å². The van der Waals surface area contributed by atoms with Crippen LogP contribution in [-0.2, 0) is 0 Å². The summed E-state index contributed by atoms with van der Waals surface area (Å²) in [7, 11) is 4.91. The molecule has 2 aromatic rings. The van der Waals surface area contributed by atoms with Gasteiger partial charge < -0.3 is 24.8 Å². The van der Waals surface area contributed by atoms with Crippen molar-refractivity contribution in [2.45, 2.75) is 26.3 Å². The second kappa shape index (κ2) is 10.0. The number of benzene rings is 2. The third-order valence-electron chi connectivity index (χ3n) is 4.19. The van der Waals surface area contributed by atoms with Gasteiger partial charge in [0.2, 0.25) is 0 Å². The van der Waals surface area contributed by atoms with E-state index < -0.39 is 0 Å². The number of anilines is 1. The summed E-state index contributed by atoms with van der Waals surface area (Å²) < 4.78 is 15.9. The number of hydrogen-bond donors (Lipinski definition) is 2. The molecule has 6 heteroatoms. The number of hydrogen-bond acceptors (Lipinski definition) is 4. The molecule has 2 aromatic carbocycles. The van der Waals surface area contributed by atoms with E-state index in [0.717, 1.165) is 29.2 Å². The van der Waals surface area contributed by atoms with Crippen molar-refractivity contribution in [1.82, 2.24) is 5.32 Å². The van der Waals surface area contributed by atoms with Crippen LogP contribution in [-0.4, -0.2) is 26.4 Å². The molecular weight excluding hydrogens is 360 g/mol. The molecule has 0 aliphatic heterocycles. The molecule has 1 unspecified atom stereocenters. The van der Waals surface area contributed by atoms with Crippen LogP contribution in [0.4, 0.5) is 5.69 Å². The smallest absolute Gasteiger partial charge is 0.171 e. The third kappa shape index (κ3) is 6.03. The van der Waals surface area contributed by atoms with Gasteiger partial charge in [-0.25, -0.2) is 0 Å². The molecule has 0 saturated carbocycles. The minimum absolute atomic E-state index is 0.0974. The number of nitrogens with one attached hydrogen (secondary N) is 2. The molecule has 0 aliphatic rings. The van der Waals surface area contributed by atoms with Gasteiger partial charge in [0.25, 0.3) is 0 Å². The lowest BCUT2D eigenvalue weighted by Gasteiger charge is -2.24. The number of ether oxygens (including phenoxy) is 3. The first kappa shape index (κ1) is 20.8. The summed E-state index contributed by atoms with van der Waals surface area (Å²) in [6.45, 7) is 4.39. The van der Waals surface area contributed by atoms with E-state index in [9.17, 15) is 0 Å². The van der Waals surface area contributed by atoms with Gasteiger partial charge in [-0.15, -0.1) is 0 Å². The van der Waals surface area contributed by atoms with Gasteiger partial charge in [-0.1, -0.05) is 26.0 Å². The SMILES string of the molecule is COc1ccc(C(CC(C)C)NC(=S)Nc2ccc(OC)cc2OC)cc1. The molecule has 0 heterocycles. The highest BCUT2D eigenvalue weighted by Gasteiger charge is 2.16. The van der Waals surface area contributed by atoms with E-state index >= 15 is 0 Å². The first-order valence-electron chi connectivity index (χ1n) is 8.90. The molecule has 0 fully saturated rings. The van der Waals surface area contributed by atoms with Crippen molar-refractivity contribution in [2.75, 3.05) is 26.6 Å². The Balaban J connectivity index is 2.13. The van der Waals surface area contributed by atoms with E-state index in [1.807, 2.05) is 30.3 Å². The summed E-state index contributed by atoms with van der Waals surface area (Å²) in [5.41, 5.74) is 1.95. The minimum atomic E-state index is 0.0974. The maximum Gasteiger partial charge on any atom is 0.171 e. The molecular formula is C21H28N2O3S. The molecule has 0 aliphatic carbocycles. The first-order valence-corrected chi connectivity index (χ1v) is 9.31. The van der Waals surface area contributed by atoms with E-state index in [1.54, 1.807) is 21.3 Å². The zero-order chi connectivity index (χ0) is 19.8. The van der Waals surface area contributed by atoms with Crippen LogP contribution in [0.25, 0.3) is 0 Å². The summed E-state index contributed by atoms with van der Waals surface area (Å²) in [5, 5.41) is 7.19. The van der Waals surface area contributed by atoms with Crippen LogP contribution in [0.1, 0.15) is 31.9 Å². The van der Waals surface area contributed by atoms with Crippen LogP contribution < -0.4 is 24.8 Å². The largest absolute Gasteiger partial charge is 0.497 e. The Morgan fingerprint density at radius 2 is 1.56 bits per heavy atom. The van der Waals surface area contributed by atoms with Crippen molar-refractivity contribution in [1.29, 1.82) is 0 Å². The highest BCUT2D eigenvalue weighted by Crippen LogP contribution is 2.29. The zero-order valence-electron chi connectivity index (χ0n) is 16.5. The van der Waals surface area contributed by atoms with Crippen LogP contribution >= 0.6 is 12.2 Å². The van der Waals surface area contributed by atoms with Gasteiger partial charge >= 0.3 is 0 Å². The number of rotatable bonds is 8. The Labute approximate surface area is 167 Å². The standard InChI is InChI=1S/C21H28N2O3S/c1-14(2)12-19(15-6-8-16(24-3)9-7-15)23-21(27)22-18-11-10-17(25-4)13-20(18)26-5/h6-11,13-14,19H,12H2,1-5H3,(H2,22,23,27). The molecule has 27 heavy (non-hydrogen) atoms. The summed E-state index contributed by atoms with van der Waals surface area (Å²) >= 11 is 5.55. The molecule has 0 saturated heterocycles. The fourth-order valence-corrected chi connectivity index (χ4v) is 3.06. The van der Waals surface area contributed by atoms with Gasteiger partial charge in [-0.05, 0) is 54.4 Å². The molecule has 2 N–H and O–H groups in total. The zero-order valence-corrected chi connectivity index (χ0v) is 17.4. The summed E-state index contributed by atoms with van der Waals surface area (Å²) in [6.07, 6.45) is 0.952. The Bertz CT molecular complexity index is 748. The van der Waals surface area contributed by atoms with Crippen molar-refractivity contribution >= 4 is 23.0 Å². The van der Waals surface area contributed by atoms with Crippen LogP contribution in [0.3, 0.4) is 0 Å². The lowest BCUT2D eigenvalue weighted by Crippen LogP contribution is -2.33. The Kier molecular flexibility index (Phi) is 7.73. The average Bonchev–Trinajstić information content (AvgIpc) is 2.67. The van der Waals surface area contributed by atoms with E-state index in [4.69, 9.17) is 26.4 Å². The Hall–Kier alpha value is -2.47. The summed E-state index contributed by atoms with van der Waals surface area (Å²) in [4.78, 5) is 0. The van der Waals surface area contributed by atoms with Crippen LogP contribution in [0.5, 0.6) is 17.2 Å². The molecule has 5 nitrogen and oxygen atoms in total. The van der Waals surface area contributed by atoms with Gasteiger partial charge in [0.1, 0.15) is 17.2 Å². The predicted octanol–water partition coefficient (Wildman–Crippen LogP) is 4.79. The van der Waals surface area contributed by atoms with Gasteiger partial charge in [0.05, 0.1) is 33.1 Å². The lowest BCUT2D eigenvalue weighted by molar-refractivity contribution is 0.395. The third-order valence-corrected chi connectivity index (χ3v) is 4.41. The summed E-state index contributed by atoms with van der Waals surface area (Å²) in [6, 6.07) is 13.7. The average molecular weight is 389 g/mol. The van der Waals surface area contributed by atoms with Crippen molar-refractivity contribution < 1.29 is 14.2 Å². The normalized spacial score (nSPS) is 11.6. The van der Waals surface area contributed by atoms with E-state index in [0.29, 0.717) is 16.8 Å². The predicted molar refractivity (Wildman–Crippen MR) is 114 cm³/mol. The van der Waals surface area contributed by atoms with Gasteiger partial charge in [-0.2, -0.15) is 0 Å². The lowest BCUT2D eigenvalue weighted by atomic mass is 9.97. The summed E-state index contributed by atoms with van der Waals surface area (Å²) in [5.74, 6) is 2.75. The molecule has 1 atom stereocenters. The Morgan fingerprint density at radius 1 is 0.926 bits per heavy atom. The van der Waals surface area contributed by atoms with Crippen molar-refractivity contribution in [3.05, 3.63) is 48.0 Å². The van der Waals surface area contributed by atoms with Crippen molar-refractivity contribution in [3.8, 4) is 17.2 Å². The van der Waals surface area contributed by atoms with E-state index in [1.165, 1.54) is 0 Å². The quantitative estimate of drug-likeness (QED) is 0.635. The highest BCUT2D eigenvalue weighted by molar-refractivity contribution is 7.80. The molecule has 0 radical (unpaired) electrons.